The number of ether oxygens (including phenoxy) is 1. The number of nitrogens with one attached hydrogen (secondary N) is 1. The minimum atomic E-state index is 0.0176. The lowest BCUT2D eigenvalue weighted by atomic mass is 10.00. The van der Waals surface area contributed by atoms with Gasteiger partial charge < -0.3 is 15.0 Å². The van der Waals surface area contributed by atoms with Crippen LogP contribution in [0.5, 0.6) is 0 Å². The fourth-order valence-corrected chi connectivity index (χ4v) is 3.54. The standard InChI is InChI=1S/C19H29N3O2/c1-14(2)19(23)20-13-18(22-8-10-24-11-9-22)15-4-5-17-16(12-15)6-7-21(17)3/h4-5,12,14,18H,6-11,13H2,1-3H3,(H,20,23)/t18-/m1/s1. The highest BCUT2D eigenvalue weighted by Gasteiger charge is 2.25. The number of benzene rings is 1. The number of likely N-dealkylation sites (N-methyl/N-ethyl adjacent to an activating group) is 1. The largest absolute Gasteiger partial charge is 0.379 e. The molecule has 1 saturated heterocycles. The fraction of sp³-hybridized carbons (Fsp3) is 0.632. The van der Waals surface area contributed by atoms with Crippen molar-refractivity contribution in [2.45, 2.75) is 26.3 Å². The Morgan fingerprint density at radius 2 is 2.00 bits per heavy atom. The topological polar surface area (TPSA) is 44.8 Å². The van der Waals surface area contributed by atoms with E-state index in [1.807, 2.05) is 13.8 Å². The Bertz CT molecular complexity index is 582. The lowest BCUT2D eigenvalue weighted by Crippen LogP contribution is -2.44. The third-order valence-electron chi connectivity index (χ3n) is 5.10. The maximum Gasteiger partial charge on any atom is 0.222 e. The maximum atomic E-state index is 12.0. The number of carbonyl (C=O) groups is 1. The van der Waals surface area contributed by atoms with Crippen molar-refractivity contribution in [1.82, 2.24) is 10.2 Å². The summed E-state index contributed by atoms with van der Waals surface area (Å²) in [5.41, 5.74) is 4.06. The fourth-order valence-electron chi connectivity index (χ4n) is 3.54. The molecule has 5 nitrogen and oxygen atoms in total. The van der Waals surface area contributed by atoms with Gasteiger partial charge in [0.1, 0.15) is 0 Å². The molecule has 1 fully saturated rings. The Hall–Kier alpha value is -1.59. The molecule has 0 aliphatic carbocycles. The minimum Gasteiger partial charge on any atom is -0.379 e. The van der Waals surface area contributed by atoms with Gasteiger partial charge in [-0.2, -0.15) is 0 Å². The minimum absolute atomic E-state index is 0.0176. The first-order chi connectivity index (χ1) is 11.6. The smallest absolute Gasteiger partial charge is 0.222 e. The van der Waals surface area contributed by atoms with Crippen LogP contribution in [0, 0.1) is 5.92 Å². The van der Waals surface area contributed by atoms with Gasteiger partial charge in [-0.3, -0.25) is 9.69 Å². The molecule has 2 aliphatic heterocycles. The predicted molar refractivity (Wildman–Crippen MR) is 96.4 cm³/mol. The number of morpholine rings is 1. The average molecular weight is 331 g/mol. The molecule has 0 unspecified atom stereocenters. The van der Waals surface area contributed by atoms with Crippen LogP contribution in [0.4, 0.5) is 5.69 Å². The second-order valence-electron chi connectivity index (χ2n) is 7.12. The molecule has 0 radical (unpaired) electrons. The van der Waals surface area contributed by atoms with E-state index in [1.165, 1.54) is 16.8 Å². The van der Waals surface area contributed by atoms with Crippen LogP contribution >= 0.6 is 0 Å². The van der Waals surface area contributed by atoms with Crippen molar-refractivity contribution in [1.29, 1.82) is 0 Å². The van der Waals surface area contributed by atoms with E-state index in [1.54, 1.807) is 0 Å². The number of carbonyl (C=O) groups excluding carboxylic acids is 1. The van der Waals surface area contributed by atoms with Crippen molar-refractivity contribution < 1.29 is 9.53 Å². The second-order valence-corrected chi connectivity index (χ2v) is 7.12. The Kier molecular flexibility index (Phi) is 5.41. The van der Waals surface area contributed by atoms with Crippen LogP contribution in [0.15, 0.2) is 18.2 Å². The van der Waals surface area contributed by atoms with Crippen molar-refractivity contribution >= 4 is 11.6 Å². The highest BCUT2D eigenvalue weighted by atomic mass is 16.5. The number of fused-ring (bicyclic) bond motifs is 1. The Morgan fingerprint density at radius 3 is 2.71 bits per heavy atom. The van der Waals surface area contributed by atoms with Gasteiger partial charge in [0, 0.05) is 44.8 Å². The van der Waals surface area contributed by atoms with Crippen LogP contribution in [0.2, 0.25) is 0 Å². The van der Waals surface area contributed by atoms with E-state index in [-0.39, 0.29) is 17.9 Å². The summed E-state index contributed by atoms with van der Waals surface area (Å²) in [6.07, 6.45) is 1.11. The molecule has 1 N–H and O–H groups in total. The zero-order valence-electron chi connectivity index (χ0n) is 15.0. The van der Waals surface area contributed by atoms with E-state index in [9.17, 15) is 4.79 Å². The molecule has 0 aromatic heterocycles. The molecule has 0 bridgehead atoms. The van der Waals surface area contributed by atoms with Crippen LogP contribution in [-0.2, 0) is 16.0 Å². The number of hydrogen-bond acceptors (Lipinski definition) is 4. The van der Waals surface area contributed by atoms with Gasteiger partial charge in [0.15, 0.2) is 0 Å². The van der Waals surface area contributed by atoms with Gasteiger partial charge in [0.25, 0.3) is 0 Å². The van der Waals surface area contributed by atoms with Crippen LogP contribution in [0.1, 0.15) is 31.0 Å². The van der Waals surface area contributed by atoms with Crippen LogP contribution in [-0.4, -0.2) is 57.2 Å². The lowest BCUT2D eigenvalue weighted by Gasteiger charge is -2.35. The molecule has 132 valence electrons. The number of hydrogen-bond donors (Lipinski definition) is 1. The summed E-state index contributed by atoms with van der Waals surface area (Å²) in [5, 5.41) is 3.12. The quantitative estimate of drug-likeness (QED) is 0.894. The summed E-state index contributed by atoms with van der Waals surface area (Å²) >= 11 is 0. The second kappa shape index (κ2) is 7.53. The van der Waals surface area contributed by atoms with E-state index in [4.69, 9.17) is 4.74 Å². The van der Waals surface area contributed by atoms with Crippen molar-refractivity contribution in [2.75, 3.05) is 51.3 Å². The van der Waals surface area contributed by atoms with E-state index in [2.05, 4.69) is 40.4 Å². The van der Waals surface area contributed by atoms with Crippen LogP contribution in [0.3, 0.4) is 0 Å². The van der Waals surface area contributed by atoms with Gasteiger partial charge in [-0.25, -0.2) is 0 Å². The Labute approximate surface area is 145 Å². The number of amides is 1. The van der Waals surface area contributed by atoms with Gasteiger partial charge >= 0.3 is 0 Å². The van der Waals surface area contributed by atoms with Crippen LogP contribution in [0.25, 0.3) is 0 Å². The first-order valence-corrected chi connectivity index (χ1v) is 8.99. The summed E-state index contributed by atoms with van der Waals surface area (Å²) in [7, 11) is 2.15. The normalized spacial score (nSPS) is 19.4. The van der Waals surface area contributed by atoms with Crippen molar-refractivity contribution in [3.8, 4) is 0 Å². The third-order valence-corrected chi connectivity index (χ3v) is 5.10. The van der Waals surface area contributed by atoms with E-state index in [0.717, 1.165) is 39.3 Å². The molecular weight excluding hydrogens is 302 g/mol. The molecular formula is C19H29N3O2. The molecule has 0 spiro atoms. The molecule has 24 heavy (non-hydrogen) atoms. The number of anilines is 1. The van der Waals surface area contributed by atoms with E-state index < -0.39 is 0 Å². The summed E-state index contributed by atoms with van der Waals surface area (Å²) in [4.78, 5) is 16.8. The molecule has 1 aromatic rings. The zero-order valence-corrected chi connectivity index (χ0v) is 15.0. The maximum absolute atomic E-state index is 12.0. The average Bonchev–Trinajstić information content (AvgIpc) is 2.96. The van der Waals surface area contributed by atoms with E-state index in [0.29, 0.717) is 6.54 Å². The summed E-state index contributed by atoms with van der Waals surface area (Å²) < 4.78 is 5.50. The molecule has 1 atom stereocenters. The summed E-state index contributed by atoms with van der Waals surface area (Å²) in [6, 6.07) is 7.01. The molecule has 5 heteroatoms. The zero-order chi connectivity index (χ0) is 17.1. The Morgan fingerprint density at radius 1 is 1.25 bits per heavy atom. The number of rotatable bonds is 5. The van der Waals surface area contributed by atoms with Crippen molar-refractivity contribution in [3.05, 3.63) is 29.3 Å². The van der Waals surface area contributed by atoms with Gasteiger partial charge in [-0.05, 0) is 23.6 Å². The van der Waals surface area contributed by atoms with Gasteiger partial charge in [0.2, 0.25) is 5.91 Å². The first-order valence-electron chi connectivity index (χ1n) is 8.99. The van der Waals surface area contributed by atoms with Gasteiger partial charge in [-0.1, -0.05) is 26.0 Å². The first kappa shape index (κ1) is 17.2. The Balaban J connectivity index is 1.79. The molecule has 3 rings (SSSR count). The molecule has 2 heterocycles. The lowest BCUT2D eigenvalue weighted by molar-refractivity contribution is -0.124. The van der Waals surface area contributed by atoms with Crippen LogP contribution < -0.4 is 10.2 Å². The van der Waals surface area contributed by atoms with Gasteiger partial charge in [-0.15, -0.1) is 0 Å². The highest BCUT2D eigenvalue weighted by molar-refractivity contribution is 5.77. The molecule has 1 amide bonds. The molecule has 0 saturated carbocycles. The number of nitrogens with zero attached hydrogens (tertiary/aromatic N) is 2. The summed E-state index contributed by atoms with van der Waals surface area (Å²) in [5.74, 6) is 0.137. The monoisotopic (exact) mass is 331 g/mol. The van der Waals surface area contributed by atoms with Crippen molar-refractivity contribution in [3.63, 3.8) is 0 Å². The molecule has 2 aliphatic rings. The SMILES string of the molecule is CC(C)C(=O)NC[C@H](c1ccc2c(c1)CCN2C)N1CCOCC1. The molecule has 1 aromatic carbocycles. The van der Waals surface area contributed by atoms with Gasteiger partial charge in [0.05, 0.1) is 19.3 Å². The highest BCUT2D eigenvalue weighted by Crippen LogP contribution is 2.31. The predicted octanol–water partition coefficient (Wildman–Crippen LogP) is 1.82. The van der Waals surface area contributed by atoms with Crippen molar-refractivity contribution in [2.24, 2.45) is 5.92 Å². The third kappa shape index (κ3) is 3.73. The van der Waals surface area contributed by atoms with E-state index >= 15 is 0 Å². The summed E-state index contributed by atoms with van der Waals surface area (Å²) in [6.45, 7) is 8.98.